The van der Waals surface area contributed by atoms with Crippen LogP contribution in [0.2, 0.25) is 0 Å². The van der Waals surface area contributed by atoms with Crippen LogP contribution in [-0.4, -0.2) is 29.3 Å². The molecule has 0 atom stereocenters. The van der Waals surface area contributed by atoms with E-state index in [-0.39, 0.29) is 0 Å². The summed E-state index contributed by atoms with van der Waals surface area (Å²) in [4.78, 5) is 6.44. The first-order valence-electron chi connectivity index (χ1n) is 6.02. The third-order valence-electron chi connectivity index (χ3n) is 3.10. The Hall–Kier alpha value is -2.56. The summed E-state index contributed by atoms with van der Waals surface area (Å²) in [5.41, 5.74) is 9.85. The molecule has 0 fully saturated rings. The summed E-state index contributed by atoms with van der Waals surface area (Å²) in [6, 6.07) is 9.96. The van der Waals surface area contributed by atoms with E-state index in [0.29, 0.717) is 5.82 Å². The molecule has 5 heteroatoms. The number of nitrogens with two attached hydrogens (primary N) is 1. The molecule has 0 saturated heterocycles. The lowest BCUT2D eigenvalue weighted by Gasteiger charge is -2.16. The Morgan fingerprint density at radius 3 is 2.68 bits per heavy atom. The molecule has 1 aromatic carbocycles. The quantitative estimate of drug-likeness (QED) is 0.735. The Morgan fingerprint density at radius 2 is 2.00 bits per heavy atom. The van der Waals surface area contributed by atoms with Gasteiger partial charge in [0.1, 0.15) is 5.82 Å². The van der Waals surface area contributed by atoms with E-state index >= 15 is 0 Å². The Kier molecular flexibility index (Phi) is 2.59. The Labute approximate surface area is 111 Å². The first-order valence-corrected chi connectivity index (χ1v) is 6.02. The number of H-pyrrole nitrogens is 1. The largest absolute Gasteiger partial charge is 0.384 e. The molecule has 0 bridgehead atoms. The molecule has 2 heterocycles. The van der Waals surface area contributed by atoms with Crippen molar-refractivity contribution in [1.29, 1.82) is 0 Å². The first-order chi connectivity index (χ1) is 9.15. The molecule has 3 N–H and O–H groups in total. The Bertz CT molecular complexity index is 716. The molecule has 0 aliphatic rings. The molecule has 96 valence electrons. The van der Waals surface area contributed by atoms with Crippen molar-refractivity contribution in [1.82, 2.24) is 15.2 Å². The summed E-state index contributed by atoms with van der Waals surface area (Å²) < 4.78 is 0. The van der Waals surface area contributed by atoms with Crippen LogP contribution in [0.15, 0.2) is 36.5 Å². The number of pyridine rings is 1. The van der Waals surface area contributed by atoms with Gasteiger partial charge in [0.15, 0.2) is 0 Å². The van der Waals surface area contributed by atoms with E-state index in [1.54, 1.807) is 6.20 Å². The minimum Gasteiger partial charge on any atom is -0.384 e. The lowest BCUT2D eigenvalue weighted by molar-refractivity contribution is 1.10. The fourth-order valence-corrected chi connectivity index (χ4v) is 2.18. The molecule has 0 unspecified atom stereocenters. The topological polar surface area (TPSA) is 70.8 Å². The summed E-state index contributed by atoms with van der Waals surface area (Å²) >= 11 is 0. The van der Waals surface area contributed by atoms with E-state index in [2.05, 4.69) is 27.3 Å². The molecular weight excluding hydrogens is 238 g/mol. The summed E-state index contributed by atoms with van der Waals surface area (Å²) in [6.45, 7) is 0. The minimum atomic E-state index is 0.526. The maximum atomic E-state index is 5.87. The van der Waals surface area contributed by atoms with Crippen LogP contribution in [0.3, 0.4) is 0 Å². The van der Waals surface area contributed by atoms with Crippen LogP contribution < -0.4 is 10.6 Å². The molecule has 3 aromatic rings. The monoisotopic (exact) mass is 253 g/mol. The van der Waals surface area contributed by atoms with Gasteiger partial charge < -0.3 is 10.6 Å². The molecule has 0 aliphatic heterocycles. The number of aromatic amines is 1. The van der Waals surface area contributed by atoms with Crippen molar-refractivity contribution in [3.8, 4) is 11.3 Å². The van der Waals surface area contributed by atoms with E-state index in [1.165, 1.54) is 0 Å². The van der Waals surface area contributed by atoms with Gasteiger partial charge >= 0.3 is 0 Å². The zero-order chi connectivity index (χ0) is 13.4. The molecular formula is C14H15N5. The lowest BCUT2D eigenvalue weighted by Crippen LogP contribution is -2.10. The molecule has 0 amide bonds. The molecule has 0 aliphatic carbocycles. The molecule has 5 nitrogen and oxygen atoms in total. The van der Waals surface area contributed by atoms with Crippen molar-refractivity contribution in [2.24, 2.45) is 0 Å². The van der Waals surface area contributed by atoms with Crippen LogP contribution in [0.4, 0.5) is 11.5 Å². The number of nitrogens with one attached hydrogen (secondary N) is 1. The van der Waals surface area contributed by atoms with Gasteiger partial charge in [-0.25, -0.2) is 4.98 Å². The smallest absolute Gasteiger partial charge is 0.126 e. The number of anilines is 2. The molecule has 19 heavy (non-hydrogen) atoms. The summed E-state index contributed by atoms with van der Waals surface area (Å²) in [7, 11) is 3.99. The van der Waals surface area contributed by atoms with Crippen molar-refractivity contribution in [2.45, 2.75) is 0 Å². The molecule has 3 rings (SSSR count). The zero-order valence-electron chi connectivity index (χ0n) is 10.9. The third kappa shape index (κ3) is 1.99. The highest BCUT2D eigenvalue weighted by molar-refractivity contribution is 5.95. The number of hydrogen-bond acceptors (Lipinski definition) is 4. The van der Waals surface area contributed by atoms with E-state index in [4.69, 9.17) is 5.73 Å². The van der Waals surface area contributed by atoms with Crippen molar-refractivity contribution in [3.63, 3.8) is 0 Å². The molecule has 0 saturated carbocycles. The number of benzene rings is 1. The van der Waals surface area contributed by atoms with Crippen LogP contribution in [-0.2, 0) is 0 Å². The van der Waals surface area contributed by atoms with Crippen molar-refractivity contribution in [3.05, 3.63) is 36.5 Å². The van der Waals surface area contributed by atoms with Crippen LogP contribution in [0.1, 0.15) is 0 Å². The van der Waals surface area contributed by atoms with Gasteiger partial charge in [-0.05, 0) is 12.1 Å². The second kappa shape index (κ2) is 4.28. The van der Waals surface area contributed by atoms with Crippen LogP contribution in [0, 0.1) is 0 Å². The second-order valence-electron chi connectivity index (χ2n) is 4.66. The Morgan fingerprint density at radius 1 is 1.16 bits per heavy atom. The molecule has 0 radical (unpaired) electrons. The van der Waals surface area contributed by atoms with Gasteiger partial charge in [-0.2, -0.15) is 5.10 Å². The van der Waals surface area contributed by atoms with Crippen LogP contribution >= 0.6 is 0 Å². The number of hydrogen-bond donors (Lipinski definition) is 2. The average molecular weight is 253 g/mol. The van der Waals surface area contributed by atoms with Gasteiger partial charge in [-0.1, -0.05) is 12.1 Å². The maximum Gasteiger partial charge on any atom is 0.126 e. The third-order valence-corrected chi connectivity index (χ3v) is 3.10. The van der Waals surface area contributed by atoms with Gasteiger partial charge in [-0.15, -0.1) is 0 Å². The summed E-state index contributed by atoms with van der Waals surface area (Å²) in [5, 5.41) is 8.00. The number of aromatic nitrogens is 3. The van der Waals surface area contributed by atoms with Crippen molar-refractivity contribution in [2.75, 3.05) is 24.7 Å². The van der Waals surface area contributed by atoms with Crippen LogP contribution in [0.5, 0.6) is 0 Å². The SMILES string of the molecule is CN(C)c1cc(N)nc2cc(-c3ccn[nH]3)ccc12. The van der Waals surface area contributed by atoms with Gasteiger partial charge in [0.05, 0.1) is 11.2 Å². The number of nitrogen functional groups attached to an aromatic ring is 1. The standard InChI is InChI=1S/C14H15N5/c1-19(2)13-8-14(15)17-12-7-9(3-4-10(12)13)11-5-6-16-18-11/h3-8H,1-2H3,(H2,15,17)(H,16,18). The molecule has 0 spiro atoms. The highest BCUT2D eigenvalue weighted by Crippen LogP contribution is 2.29. The maximum absolute atomic E-state index is 5.87. The highest BCUT2D eigenvalue weighted by Gasteiger charge is 2.08. The van der Waals surface area contributed by atoms with Gasteiger partial charge in [-0.3, -0.25) is 5.10 Å². The predicted molar refractivity (Wildman–Crippen MR) is 78.1 cm³/mol. The predicted octanol–water partition coefficient (Wildman–Crippen LogP) is 2.27. The Balaban J connectivity index is 2.24. The van der Waals surface area contributed by atoms with Crippen molar-refractivity contribution >= 4 is 22.4 Å². The molecule has 2 aromatic heterocycles. The van der Waals surface area contributed by atoms with E-state index < -0.39 is 0 Å². The average Bonchev–Trinajstić information content (AvgIpc) is 2.90. The van der Waals surface area contributed by atoms with E-state index in [0.717, 1.165) is 27.8 Å². The number of rotatable bonds is 2. The number of nitrogens with zero attached hydrogens (tertiary/aromatic N) is 3. The number of fused-ring (bicyclic) bond motifs is 1. The summed E-state index contributed by atoms with van der Waals surface area (Å²) in [5.74, 6) is 0.526. The van der Waals surface area contributed by atoms with Gasteiger partial charge in [0, 0.05) is 43.0 Å². The summed E-state index contributed by atoms with van der Waals surface area (Å²) in [6.07, 6.45) is 1.73. The zero-order valence-corrected chi connectivity index (χ0v) is 10.9. The highest BCUT2D eigenvalue weighted by atomic mass is 15.1. The second-order valence-corrected chi connectivity index (χ2v) is 4.66. The minimum absolute atomic E-state index is 0.526. The lowest BCUT2D eigenvalue weighted by atomic mass is 10.1. The van der Waals surface area contributed by atoms with E-state index in [9.17, 15) is 0 Å². The van der Waals surface area contributed by atoms with Gasteiger partial charge in [0.2, 0.25) is 0 Å². The van der Waals surface area contributed by atoms with Gasteiger partial charge in [0.25, 0.3) is 0 Å². The van der Waals surface area contributed by atoms with E-state index in [1.807, 2.05) is 37.2 Å². The first kappa shape index (κ1) is 11.5. The fraction of sp³-hybridized carbons (Fsp3) is 0.143. The van der Waals surface area contributed by atoms with Crippen LogP contribution in [0.25, 0.3) is 22.2 Å². The van der Waals surface area contributed by atoms with Crippen molar-refractivity contribution < 1.29 is 0 Å². The fourth-order valence-electron chi connectivity index (χ4n) is 2.18. The normalized spacial score (nSPS) is 10.8.